The first kappa shape index (κ1) is 8.71. The number of fused-ring (bicyclic) bond motifs is 1. The minimum atomic E-state index is -0.385. The molecule has 1 aromatic rings. The molecule has 1 aliphatic rings. The van der Waals surface area contributed by atoms with E-state index in [-0.39, 0.29) is 5.91 Å². The van der Waals surface area contributed by atoms with Gasteiger partial charge < -0.3 is 5.43 Å². The van der Waals surface area contributed by atoms with E-state index in [1.807, 2.05) is 24.3 Å². The summed E-state index contributed by atoms with van der Waals surface area (Å²) in [5.74, 6) is 4.67. The van der Waals surface area contributed by atoms with Crippen molar-refractivity contribution in [3.8, 4) is 0 Å². The van der Waals surface area contributed by atoms with E-state index in [1.54, 1.807) is 0 Å². The Morgan fingerprint density at radius 3 is 3.07 bits per heavy atom. The molecule has 1 heterocycles. The zero-order chi connectivity index (χ0) is 9.97. The summed E-state index contributed by atoms with van der Waals surface area (Å²) in [6.45, 7) is 0.636. The molecule has 0 unspecified atom stereocenters. The Morgan fingerprint density at radius 2 is 2.29 bits per heavy atom. The van der Waals surface area contributed by atoms with Crippen LogP contribution in [0.4, 0.5) is 0 Å². The summed E-state index contributed by atoms with van der Waals surface area (Å²) >= 11 is 0. The van der Waals surface area contributed by atoms with Gasteiger partial charge in [-0.25, -0.2) is 5.84 Å². The standard InChI is InChI=1S/C9H10N4O/c10-12-9(14)8-7-4-2-1-3-6(7)5-11-13-8/h1-4,11H,5,10H2,(H,12,14). The number of nitrogens with two attached hydrogens (primary N) is 1. The van der Waals surface area contributed by atoms with E-state index in [2.05, 4.69) is 16.0 Å². The zero-order valence-corrected chi connectivity index (χ0v) is 7.45. The highest BCUT2D eigenvalue weighted by molar-refractivity contribution is 6.45. The Morgan fingerprint density at radius 1 is 1.50 bits per heavy atom. The molecule has 1 amide bonds. The summed E-state index contributed by atoms with van der Waals surface area (Å²) in [4.78, 5) is 11.3. The van der Waals surface area contributed by atoms with E-state index < -0.39 is 0 Å². The number of hydrazone groups is 1. The van der Waals surface area contributed by atoms with Crippen molar-refractivity contribution in [2.45, 2.75) is 6.54 Å². The number of carbonyl (C=O) groups is 1. The molecule has 72 valence electrons. The molecular weight excluding hydrogens is 180 g/mol. The van der Waals surface area contributed by atoms with Crippen molar-refractivity contribution in [2.75, 3.05) is 0 Å². The molecule has 0 bridgehead atoms. The van der Waals surface area contributed by atoms with E-state index in [0.29, 0.717) is 12.3 Å². The van der Waals surface area contributed by atoms with Gasteiger partial charge in [-0.15, -0.1) is 0 Å². The van der Waals surface area contributed by atoms with Crippen LogP contribution in [0.1, 0.15) is 11.1 Å². The largest absolute Gasteiger partial charge is 0.305 e. The monoisotopic (exact) mass is 190 g/mol. The Balaban J connectivity index is 2.45. The second-order valence-corrected chi connectivity index (χ2v) is 2.93. The summed E-state index contributed by atoms with van der Waals surface area (Å²) in [5, 5.41) is 3.92. The highest BCUT2D eigenvalue weighted by Crippen LogP contribution is 2.13. The maximum absolute atomic E-state index is 11.3. The third kappa shape index (κ3) is 1.33. The molecule has 1 aromatic carbocycles. The maximum atomic E-state index is 11.3. The summed E-state index contributed by atoms with van der Waals surface area (Å²) in [7, 11) is 0. The first-order valence-electron chi connectivity index (χ1n) is 4.22. The second-order valence-electron chi connectivity index (χ2n) is 2.93. The molecule has 0 atom stereocenters. The summed E-state index contributed by atoms with van der Waals surface area (Å²) < 4.78 is 0. The fourth-order valence-corrected chi connectivity index (χ4v) is 1.41. The minimum Gasteiger partial charge on any atom is -0.305 e. The fourth-order valence-electron chi connectivity index (χ4n) is 1.41. The van der Waals surface area contributed by atoms with Crippen LogP contribution in [0.5, 0.6) is 0 Å². The number of nitrogens with one attached hydrogen (secondary N) is 2. The molecule has 0 spiro atoms. The van der Waals surface area contributed by atoms with Crippen molar-refractivity contribution >= 4 is 11.6 Å². The van der Waals surface area contributed by atoms with Gasteiger partial charge in [-0.2, -0.15) is 5.10 Å². The van der Waals surface area contributed by atoms with Crippen LogP contribution in [0.2, 0.25) is 0 Å². The zero-order valence-electron chi connectivity index (χ0n) is 7.45. The molecule has 2 rings (SSSR count). The Bertz CT molecular complexity index is 400. The van der Waals surface area contributed by atoms with Crippen molar-refractivity contribution in [3.05, 3.63) is 35.4 Å². The van der Waals surface area contributed by atoms with E-state index in [4.69, 9.17) is 5.84 Å². The average molecular weight is 190 g/mol. The van der Waals surface area contributed by atoms with Crippen molar-refractivity contribution in [3.63, 3.8) is 0 Å². The van der Waals surface area contributed by atoms with Crippen LogP contribution in [0.15, 0.2) is 29.4 Å². The lowest BCUT2D eigenvalue weighted by molar-refractivity contribution is -0.114. The van der Waals surface area contributed by atoms with Crippen molar-refractivity contribution in [1.29, 1.82) is 0 Å². The molecule has 4 N–H and O–H groups in total. The van der Waals surface area contributed by atoms with Crippen LogP contribution in [-0.2, 0) is 11.3 Å². The van der Waals surface area contributed by atoms with Gasteiger partial charge in [-0.1, -0.05) is 24.3 Å². The van der Waals surface area contributed by atoms with Crippen LogP contribution in [0.3, 0.4) is 0 Å². The number of benzene rings is 1. The SMILES string of the molecule is NNC(=O)C1=NNCc2ccccc21. The molecule has 0 aromatic heterocycles. The van der Waals surface area contributed by atoms with Gasteiger partial charge in [0.05, 0.1) is 6.54 Å². The highest BCUT2D eigenvalue weighted by Gasteiger charge is 2.18. The summed E-state index contributed by atoms with van der Waals surface area (Å²) in [6.07, 6.45) is 0. The number of hydrogen-bond acceptors (Lipinski definition) is 4. The highest BCUT2D eigenvalue weighted by atomic mass is 16.2. The maximum Gasteiger partial charge on any atom is 0.286 e. The molecule has 0 saturated heterocycles. The van der Waals surface area contributed by atoms with Crippen LogP contribution in [-0.4, -0.2) is 11.6 Å². The first-order chi connectivity index (χ1) is 6.83. The molecule has 0 fully saturated rings. The van der Waals surface area contributed by atoms with Gasteiger partial charge in [0, 0.05) is 5.56 Å². The molecule has 0 radical (unpaired) electrons. The van der Waals surface area contributed by atoms with E-state index >= 15 is 0 Å². The summed E-state index contributed by atoms with van der Waals surface area (Å²) in [5.41, 5.74) is 7.04. The topological polar surface area (TPSA) is 79.5 Å². The molecule has 0 aliphatic carbocycles. The number of hydrogen-bond donors (Lipinski definition) is 3. The first-order valence-corrected chi connectivity index (χ1v) is 4.22. The fraction of sp³-hybridized carbons (Fsp3) is 0.111. The Labute approximate surface area is 81.0 Å². The predicted octanol–water partition coefficient (Wildman–Crippen LogP) is -0.516. The lowest BCUT2D eigenvalue weighted by Gasteiger charge is -2.15. The van der Waals surface area contributed by atoms with Crippen LogP contribution < -0.4 is 16.7 Å². The van der Waals surface area contributed by atoms with E-state index in [1.165, 1.54) is 0 Å². The van der Waals surface area contributed by atoms with Gasteiger partial charge in [0.15, 0.2) is 5.71 Å². The molecule has 0 saturated carbocycles. The van der Waals surface area contributed by atoms with E-state index in [9.17, 15) is 4.79 Å². The van der Waals surface area contributed by atoms with Gasteiger partial charge in [0.2, 0.25) is 0 Å². The summed E-state index contributed by atoms with van der Waals surface area (Å²) in [6, 6.07) is 7.58. The van der Waals surface area contributed by atoms with Gasteiger partial charge in [0.1, 0.15) is 0 Å². The Kier molecular flexibility index (Phi) is 2.16. The third-order valence-electron chi connectivity index (χ3n) is 2.08. The third-order valence-corrected chi connectivity index (χ3v) is 2.08. The number of rotatable bonds is 1. The lowest BCUT2D eigenvalue weighted by atomic mass is 10.0. The Hall–Kier alpha value is -1.88. The lowest BCUT2D eigenvalue weighted by Crippen LogP contribution is -2.39. The molecular formula is C9H10N4O. The number of amides is 1. The normalized spacial score (nSPS) is 13.6. The van der Waals surface area contributed by atoms with Crippen molar-refractivity contribution in [2.24, 2.45) is 10.9 Å². The second kappa shape index (κ2) is 3.47. The van der Waals surface area contributed by atoms with Gasteiger partial charge >= 0.3 is 0 Å². The van der Waals surface area contributed by atoms with Crippen LogP contribution >= 0.6 is 0 Å². The minimum absolute atomic E-state index is 0.328. The van der Waals surface area contributed by atoms with Crippen LogP contribution in [0, 0.1) is 0 Å². The van der Waals surface area contributed by atoms with Gasteiger partial charge in [0.25, 0.3) is 5.91 Å². The van der Waals surface area contributed by atoms with Crippen LogP contribution in [0.25, 0.3) is 0 Å². The predicted molar refractivity (Wildman–Crippen MR) is 52.1 cm³/mol. The quantitative estimate of drug-likeness (QED) is 0.317. The van der Waals surface area contributed by atoms with Gasteiger partial charge in [-0.3, -0.25) is 10.2 Å². The molecule has 5 nitrogen and oxygen atoms in total. The average Bonchev–Trinajstić information content (AvgIpc) is 2.27. The molecule has 5 heteroatoms. The number of nitrogens with zero attached hydrogens (tertiary/aromatic N) is 1. The molecule has 14 heavy (non-hydrogen) atoms. The molecule has 1 aliphatic heterocycles. The smallest absolute Gasteiger partial charge is 0.286 e. The number of hydrazine groups is 1. The van der Waals surface area contributed by atoms with Crippen molar-refractivity contribution < 1.29 is 4.79 Å². The van der Waals surface area contributed by atoms with Crippen molar-refractivity contribution in [1.82, 2.24) is 10.9 Å². The van der Waals surface area contributed by atoms with Gasteiger partial charge in [-0.05, 0) is 5.56 Å². The number of carbonyl (C=O) groups excluding carboxylic acids is 1. The van der Waals surface area contributed by atoms with E-state index in [0.717, 1.165) is 11.1 Å².